The molecule has 0 unspecified atom stereocenters. The van der Waals surface area contributed by atoms with Gasteiger partial charge in [-0.2, -0.15) is 0 Å². The van der Waals surface area contributed by atoms with Gasteiger partial charge >= 0.3 is 5.97 Å². The Labute approximate surface area is 137 Å². The van der Waals surface area contributed by atoms with Gasteiger partial charge in [0.15, 0.2) is 0 Å². The lowest BCUT2D eigenvalue weighted by Crippen LogP contribution is -2.30. The fraction of sp³-hybridized carbons (Fsp3) is 0.556. The average Bonchev–Trinajstić information content (AvgIpc) is 2.97. The maximum absolute atomic E-state index is 12.3. The zero-order chi connectivity index (χ0) is 16.8. The van der Waals surface area contributed by atoms with Gasteiger partial charge in [-0.25, -0.2) is 0 Å². The van der Waals surface area contributed by atoms with E-state index in [4.69, 9.17) is 4.74 Å². The zero-order valence-electron chi connectivity index (χ0n) is 13.8. The monoisotopic (exact) mass is 319 g/mol. The minimum absolute atomic E-state index is 0.0158. The molecule has 5 heteroatoms. The first-order valence-electron chi connectivity index (χ1n) is 8.16. The molecule has 2 atom stereocenters. The van der Waals surface area contributed by atoms with Crippen molar-refractivity contribution in [1.29, 1.82) is 0 Å². The van der Waals surface area contributed by atoms with Gasteiger partial charge < -0.3 is 14.7 Å². The van der Waals surface area contributed by atoms with Crippen LogP contribution in [0.25, 0.3) is 0 Å². The quantitative estimate of drug-likeness (QED) is 0.784. The van der Waals surface area contributed by atoms with Crippen LogP contribution in [-0.2, 0) is 14.3 Å². The summed E-state index contributed by atoms with van der Waals surface area (Å²) in [4.78, 5) is 25.5. The summed E-state index contributed by atoms with van der Waals surface area (Å²) in [5.74, 6) is -1.49. The second-order valence-electron chi connectivity index (χ2n) is 6.28. The lowest BCUT2D eigenvalue weighted by molar-refractivity contribution is -0.141. The van der Waals surface area contributed by atoms with E-state index < -0.39 is 11.9 Å². The predicted octanol–water partition coefficient (Wildman–Crippen LogP) is 2.52. The Bertz CT molecular complexity index is 529. The molecule has 1 aliphatic heterocycles. The van der Waals surface area contributed by atoms with Gasteiger partial charge in [-0.3, -0.25) is 9.59 Å². The number of hydrogen-bond acceptors (Lipinski definition) is 3. The van der Waals surface area contributed by atoms with Crippen LogP contribution in [0.4, 0.5) is 0 Å². The van der Waals surface area contributed by atoms with Crippen LogP contribution in [0.5, 0.6) is 0 Å². The number of benzene rings is 1. The van der Waals surface area contributed by atoms with Crippen LogP contribution in [0, 0.1) is 5.92 Å². The molecule has 0 aromatic heterocycles. The molecule has 0 radical (unpaired) electrons. The van der Waals surface area contributed by atoms with Gasteiger partial charge in [-0.05, 0) is 25.8 Å². The summed E-state index contributed by atoms with van der Waals surface area (Å²) < 4.78 is 5.44. The van der Waals surface area contributed by atoms with Crippen molar-refractivity contribution in [2.75, 3.05) is 19.7 Å². The van der Waals surface area contributed by atoms with E-state index in [-0.39, 0.29) is 17.9 Å². The Kier molecular flexibility index (Phi) is 6.16. The Morgan fingerprint density at radius 2 is 1.96 bits per heavy atom. The molecule has 1 amide bonds. The van der Waals surface area contributed by atoms with Gasteiger partial charge in [0, 0.05) is 32.0 Å². The van der Waals surface area contributed by atoms with Crippen molar-refractivity contribution >= 4 is 11.9 Å². The van der Waals surface area contributed by atoms with Gasteiger partial charge in [-0.15, -0.1) is 0 Å². The van der Waals surface area contributed by atoms with Crippen molar-refractivity contribution in [2.24, 2.45) is 5.92 Å². The first kappa shape index (κ1) is 17.5. The summed E-state index contributed by atoms with van der Waals surface area (Å²) in [6, 6.07) is 9.59. The molecule has 1 heterocycles. The molecule has 1 aromatic carbocycles. The summed E-state index contributed by atoms with van der Waals surface area (Å²) in [6.07, 6.45) is 1.23. The largest absolute Gasteiger partial charge is 0.481 e. The van der Waals surface area contributed by atoms with E-state index in [0.717, 1.165) is 5.56 Å². The number of carbonyl (C=O) groups excluding carboxylic acids is 1. The molecule has 1 aliphatic rings. The number of ether oxygens (including phenoxy) is 1. The minimum Gasteiger partial charge on any atom is -0.481 e. The number of carbonyl (C=O) groups is 2. The normalized spacial score (nSPS) is 20.9. The Hall–Kier alpha value is -1.88. The third kappa shape index (κ3) is 4.79. The van der Waals surface area contributed by atoms with E-state index in [1.807, 2.05) is 44.2 Å². The SMILES string of the molecule is CC(C)OCCCC(=O)N1C[C@H](C(=O)O)[C@H](c2ccccc2)C1. The van der Waals surface area contributed by atoms with Gasteiger partial charge in [0.05, 0.1) is 12.0 Å². The summed E-state index contributed by atoms with van der Waals surface area (Å²) in [6.45, 7) is 5.25. The Morgan fingerprint density at radius 3 is 2.57 bits per heavy atom. The van der Waals surface area contributed by atoms with Crippen LogP contribution >= 0.6 is 0 Å². The molecule has 1 N–H and O–H groups in total. The number of amides is 1. The van der Waals surface area contributed by atoms with Gasteiger partial charge in [0.2, 0.25) is 5.91 Å². The number of carboxylic acids is 1. The second kappa shape index (κ2) is 8.11. The van der Waals surface area contributed by atoms with Gasteiger partial charge in [0.25, 0.3) is 0 Å². The maximum atomic E-state index is 12.3. The van der Waals surface area contributed by atoms with Crippen molar-refractivity contribution in [3.8, 4) is 0 Å². The van der Waals surface area contributed by atoms with E-state index in [1.165, 1.54) is 0 Å². The van der Waals surface area contributed by atoms with Crippen molar-refractivity contribution in [2.45, 2.75) is 38.7 Å². The zero-order valence-corrected chi connectivity index (χ0v) is 13.8. The molecule has 5 nitrogen and oxygen atoms in total. The Morgan fingerprint density at radius 1 is 1.26 bits per heavy atom. The highest BCUT2D eigenvalue weighted by Gasteiger charge is 2.40. The smallest absolute Gasteiger partial charge is 0.308 e. The first-order chi connectivity index (χ1) is 11.0. The molecule has 0 bridgehead atoms. The van der Waals surface area contributed by atoms with Gasteiger partial charge in [-0.1, -0.05) is 30.3 Å². The van der Waals surface area contributed by atoms with E-state index in [0.29, 0.717) is 32.5 Å². The van der Waals surface area contributed by atoms with E-state index in [2.05, 4.69) is 0 Å². The van der Waals surface area contributed by atoms with E-state index >= 15 is 0 Å². The van der Waals surface area contributed by atoms with Crippen molar-refractivity contribution in [3.05, 3.63) is 35.9 Å². The highest BCUT2D eigenvalue weighted by Crippen LogP contribution is 2.33. The van der Waals surface area contributed by atoms with E-state index in [9.17, 15) is 14.7 Å². The van der Waals surface area contributed by atoms with Crippen LogP contribution in [0.2, 0.25) is 0 Å². The first-order valence-corrected chi connectivity index (χ1v) is 8.16. The summed E-state index contributed by atoms with van der Waals surface area (Å²) >= 11 is 0. The number of hydrogen-bond donors (Lipinski definition) is 1. The molecule has 1 saturated heterocycles. The number of nitrogens with zero attached hydrogens (tertiary/aromatic N) is 1. The van der Waals surface area contributed by atoms with Crippen molar-refractivity contribution in [1.82, 2.24) is 4.90 Å². The van der Waals surface area contributed by atoms with Crippen LogP contribution in [0.15, 0.2) is 30.3 Å². The van der Waals surface area contributed by atoms with Crippen LogP contribution < -0.4 is 0 Å². The van der Waals surface area contributed by atoms with Crippen LogP contribution in [-0.4, -0.2) is 47.7 Å². The molecular formula is C18H25NO4. The van der Waals surface area contributed by atoms with E-state index in [1.54, 1.807) is 4.90 Å². The predicted molar refractivity (Wildman–Crippen MR) is 87.2 cm³/mol. The highest BCUT2D eigenvalue weighted by atomic mass is 16.5. The fourth-order valence-corrected chi connectivity index (χ4v) is 3.00. The second-order valence-corrected chi connectivity index (χ2v) is 6.28. The number of rotatable bonds is 7. The van der Waals surface area contributed by atoms with Gasteiger partial charge in [0.1, 0.15) is 0 Å². The summed E-state index contributed by atoms with van der Waals surface area (Å²) in [5.41, 5.74) is 0.985. The minimum atomic E-state index is -0.836. The molecule has 0 aliphatic carbocycles. The summed E-state index contributed by atoms with van der Waals surface area (Å²) in [5, 5.41) is 9.46. The van der Waals surface area contributed by atoms with Crippen molar-refractivity contribution < 1.29 is 19.4 Å². The molecule has 2 rings (SSSR count). The average molecular weight is 319 g/mol. The molecule has 1 fully saturated rings. The third-order valence-corrected chi connectivity index (χ3v) is 4.20. The molecule has 0 spiro atoms. The fourth-order valence-electron chi connectivity index (χ4n) is 3.00. The molecule has 1 aromatic rings. The molecular weight excluding hydrogens is 294 g/mol. The standard InChI is InChI=1S/C18H25NO4/c1-13(2)23-10-6-9-17(20)19-11-15(16(12-19)18(21)22)14-7-4-3-5-8-14/h3-5,7-8,13,15-16H,6,9-12H2,1-2H3,(H,21,22)/t15-,16-/m0/s1. The van der Waals surface area contributed by atoms with Crippen LogP contribution in [0.3, 0.4) is 0 Å². The van der Waals surface area contributed by atoms with Crippen LogP contribution in [0.1, 0.15) is 38.2 Å². The summed E-state index contributed by atoms with van der Waals surface area (Å²) in [7, 11) is 0. The Balaban J connectivity index is 1.94. The number of carboxylic acid groups (broad SMARTS) is 1. The molecule has 0 saturated carbocycles. The lowest BCUT2D eigenvalue weighted by atomic mass is 9.89. The third-order valence-electron chi connectivity index (χ3n) is 4.20. The van der Waals surface area contributed by atoms with Crippen molar-refractivity contribution in [3.63, 3.8) is 0 Å². The molecule has 23 heavy (non-hydrogen) atoms. The lowest BCUT2D eigenvalue weighted by Gasteiger charge is -2.17. The topological polar surface area (TPSA) is 66.8 Å². The maximum Gasteiger partial charge on any atom is 0.308 e. The number of likely N-dealkylation sites (tertiary alicyclic amines) is 1. The number of aliphatic carboxylic acids is 1. The highest BCUT2D eigenvalue weighted by molar-refractivity contribution is 5.79. The molecule has 126 valence electrons.